The van der Waals surface area contributed by atoms with Crippen LogP contribution in [0.4, 0.5) is 0 Å². The van der Waals surface area contributed by atoms with E-state index in [9.17, 15) is 14.7 Å². The largest absolute Gasteiger partial charge is 0.507 e. The lowest BCUT2D eigenvalue weighted by Crippen LogP contribution is -2.43. The summed E-state index contributed by atoms with van der Waals surface area (Å²) in [4.78, 5) is 25.5. The van der Waals surface area contributed by atoms with Crippen LogP contribution in [0.3, 0.4) is 0 Å². The van der Waals surface area contributed by atoms with Crippen molar-refractivity contribution in [2.24, 2.45) is 0 Å². The molecule has 0 aromatic heterocycles. The Bertz CT molecular complexity index is 1580. The Kier molecular flexibility index (Phi) is 7.18. The summed E-state index contributed by atoms with van der Waals surface area (Å²) in [6, 6.07) is 36.2. The van der Waals surface area contributed by atoms with Crippen LogP contribution in [0.1, 0.15) is 15.9 Å². The van der Waals surface area contributed by atoms with Crippen LogP contribution in [0.5, 0.6) is 5.75 Å². The van der Waals surface area contributed by atoms with Gasteiger partial charge in [-0.05, 0) is 50.7 Å². The normalized spacial score (nSPS) is 11.6. The summed E-state index contributed by atoms with van der Waals surface area (Å²) in [5.41, 5.74) is 5.43. The number of carbonyl (C=O) groups is 2. The van der Waals surface area contributed by atoms with E-state index in [4.69, 9.17) is 4.74 Å². The van der Waals surface area contributed by atoms with Crippen LogP contribution in [-0.2, 0) is 16.0 Å². The molecule has 5 nitrogen and oxygen atoms in total. The molecule has 0 saturated carbocycles. The van der Waals surface area contributed by atoms with E-state index in [0.29, 0.717) is 0 Å². The van der Waals surface area contributed by atoms with Gasteiger partial charge >= 0.3 is 5.97 Å². The molecule has 0 radical (unpaired) electrons. The molecule has 0 aliphatic heterocycles. The second-order valence-corrected chi connectivity index (χ2v) is 9.11. The number of methoxy groups -OCH3 is 1. The molecule has 5 heteroatoms. The van der Waals surface area contributed by atoms with Crippen molar-refractivity contribution < 1.29 is 19.4 Å². The molecule has 0 bridgehead atoms. The highest BCUT2D eigenvalue weighted by Crippen LogP contribution is 2.27. The van der Waals surface area contributed by atoms with Gasteiger partial charge in [-0.15, -0.1) is 0 Å². The summed E-state index contributed by atoms with van der Waals surface area (Å²) in [6.45, 7) is 0. The fourth-order valence-electron chi connectivity index (χ4n) is 4.54. The van der Waals surface area contributed by atoms with Crippen LogP contribution >= 0.6 is 0 Å². The number of fused-ring (bicyclic) bond motifs is 1. The Balaban J connectivity index is 1.31. The summed E-state index contributed by atoms with van der Waals surface area (Å²) >= 11 is 0. The number of rotatable bonds is 7. The fourth-order valence-corrected chi connectivity index (χ4v) is 4.54. The fraction of sp³-hybridized carbons (Fsp3) is 0.0909. The lowest BCUT2D eigenvalue weighted by Gasteiger charge is -2.17. The topological polar surface area (TPSA) is 75.6 Å². The highest BCUT2D eigenvalue weighted by molar-refractivity contribution is 6.02. The maximum absolute atomic E-state index is 13.0. The maximum Gasteiger partial charge on any atom is 0.328 e. The van der Waals surface area contributed by atoms with Crippen LogP contribution < -0.4 is 5.32 Å². The minimum absolute atomic E-state index is 0.104. The van der Waals surface area contributed by atoms with Crippen molar-refractivity contribution in [2.75, 3.05) is 7.11 Å². The Morgan fingerprint density at radius 1 is 0.711 bits per heavy atom. The Labute approximate surface area is 221 Å². The molecule has 0 spiro atoms. The minimum atomic E-state index is -0.908. The summed E-state index contributed by atoms with van der Waals surface area (Å²) in [5, 5.41) is 14.8. The van der Waals surface area contributed by atoms with Gasteiger partial charge in [0.25, 0.3) is 5.91 Å². The Morgan fingerprint density at radius 2 is 1.21 bits per heavy atom. The van der Waals surface area contributed by atoms with E-state index < -0.39 is 17.9 Å². The van der Waals surface area contributed by atoms with E-state index >= 15 is 0 Å². The van der Waals surface area contributed by atoms with E-state index in [-0.39, 0.29) is 17.7 Å². The molecule has 1 atom stereocenters. The molecule has 1 amide bonds. The number of benzene rings is 5. The summed E-state index contributed by atoms with van der Waals surface area (Å²) < 4.78 is 4.95. The minimum Gasteiger partial charge on any atom is -0.507 e. The van der Waals surface area contributed by atoms with E-state index in [0.717, 1.165) is 33.0 Å². The smallest absolute Gasteiger partial charge is 0.328 e. The standard InChI is InChI=1S/C33H27NO4/c1-38-33(37)30(34-32(36)29-20-27-9-5-6-10-28(27)21-31(29)35)19-22-11-13-24(14-12-22)26-17-15-25(16-18-26)23-7-3-2-4-8-23/h2-18,20-21,30,35H,19H2,1H3,(H,34,36). The highest BCUT2D eigenvalue weighted by atomic mass is 16.5. The number of hydrogen-bond acceptors (Lipinski definition) is 4. The summed E-state index contributed by atoms with van der Waals surface area (Å²) in [7, 11) is 1.29. The van der Waals surface area contributed by atoms with Crippen LogP contribution in [0.25, 0.3) is 33.0 Å². The average molecular weight is 502 g/mol. The zero-order valence-electron chi connectivity index (χ0n) is 20.9. The van der Waals surface area contributed by atoms with Crippen LogP contribution in [0, 0.1) is 0 Å². The van der Waals surface area contributed by atoms with Gasteiger partial charge in [-0.3, -0.25) is 4.79 Å². The Morgan fingerprint density at radius 3 is 1.79 bits per heavy atom. The first kappa shape index (κ1) is 24.8. The summed E-state index contributed by atoms with van der Waals surface area (Å²) in [6.07, 6.45) is 0.250. The average Bonchev–Trinajstić information content (AvgIpc) is 2.97. The lowest BCUT2D eigenvalue weighted by atomic mass is 9.98. The number of nitrogens with one attached hydrogen (secondary N) is 1. The number of esters is 1. The first-order chi connectivity index (χ1) is 18.5. The van der Waals surface area contributed by atoms with Gasteiger partial charge in [-0.25, -0.2) is 4.79 Å². The predicted molar refractivity (Wildman–Crippen MR) is 150 cm³/mol. The predicted octanol–water partition coefficient (Wildman–Crippen LogP) is 6.39. The second kappa shape index (κ2) is 11.0. The maximum atomic E-state index is 13.0. The van der Waals surface area contributed by atoms with Crippen molar-refractivity contribution in [3.8, 4) is 28.0 Å². The van der Waals surface area contributed by atoms with E-state index in [1.165, 1.54) is 12.7 Å². The van der Waals surface area contributed by atoms with Gasteiger partial charge in [0.2, 0.25) is 0 Å². The van der Waals surface area contributed by atoms with E-state index in [1.54, 1.807) is 12.1 Å². The first-order valence-corrected chi connectivity index (χ1v) is 12.4. The molecule has 0 heterocycles. The highest BCUT2D eigenvalue weighted by Gasteiger charge is 2.24. The number of phenolic OH excluding ortho intramolecular Hbond substituents is 1. The van der Waals surface area contributed by atoms with Gasteiger partial charge in [0.15, 0.2) is 0 Å². The number of amides is 1. The van der Waals surface area contributed by atoms with Gasteiger partial charge in [-0.2, -0.15) is 0 Å². The lowest BCUT2D eigenvalue weighted by molar-refractivity contribution is -0.142. The second-order valence-electron chi connectivity index (χ2n) is 9.11. The molecule has 1 unspecified atom stereocenters. The molecule has 2 N–H and O–H groups in total. The molecule has 5 rings (SSSR count). The Hall–Kier alpha value is -4.90. The first-order valence-electron chi connectivity index (χ1n) is 12.4. The molecule has 0 fully saturated rings. The van der Waals surface area contributed by atoms with Crippen molar-refractivity contribution in [2.45, 2.75) is 12.5 Å². The number of phenols is 1. The number of aromatic hydroxyl groups is 1. The van der Waals surface area contributed by atoms with Crippen LogP contribution in [0.2, 0.25) is 0 Å². The monoisotopic (exact) mass is 501 g/mol. The molecule has 38 heavy (non-hydrogen) atoms. The molecule has 0 saturated heterocycles. The van der Waals surface area contributed by atoms with Crippen molar-refractivity contribution in [3.63, 3.8) is 0 Å². The molecule has 5 aromatic rings. The zero-order valence-corrected chi connectivity index (χ0v) is 20.9. The SMILES string of the molecule is COC(=O)C(Cc1ccc(-c2ccc(-c3ccccc3)cc2)cc1)NC(=O)c1cc2ccccc2cc1O. The number of ether oxygens (including phenoxy) is 1. The van der Waals surface area contributed by atoms with Crippen molar-refractivity contribution in [3.05, 3.63) is 126 Å². The van der Waals surface area contributed by atoms with Gasteiger partial charge in [0.1, 0.15) is 11.8 Å². The van der Waals surface area contributed by atoms with Gasteiger partial charge in [0.05, 0.1) is 12.7 Å². The molecular weight excluding hydrogens is 474 g/mol. The van der Waals surface area contributed by atoms with Gasteiger partial charge in [0, 0.05) is 6.42 Å². The van der Waals surface area contributed by atoms with E-state index in [2.05, 4.69) is 41.7 Å². The molecular formula is C33H27NO4. The quantitative estimate of drug-likeness (QED) is 0.253. The third-order valence-electron chi connectivity index (χ3n) is 6.62. The van der Waals surface area contributed by atoms with Gasteiger partial charge < -0.3 is 15.2 Å². The van der Waals surface area contributed by atoms with Crippen LogP contribution in [-0.4, -0.2) is 30.1 Å². The van der Waals surface area contributed by atoms with E-state index in [1.807, 2.05) is 66.7 Å². The molecule has 0 aliphatic carbocycles. The third-order valence-corrected chi connectivity index (χ3v) is 6.62. The summed E-state index contributed by atoms with van der Waals surface area (Å²) in [5.74, 6) is -1.24. The molecule has 188 valence electrons. The van der Waals surface area contributed by atoms with Crippen molar-refractivity contribution >= 4 is 22.6 Å². The van der Waals surface area contributed by atoms with Gasteiger partial charge in [-0.1, -0.05) is 103 Å². The zero-order chi connectivity index (χ0) is 26.5. The van der Waals surface area contributed by atoms with Crippen molar-refractivity contribution in [1.82, 2.24) is 5.32 Å². The van der Waals surface area contributed by atoms with Crippen LogP contribution in [0.15, 0.2) is 115 Å². The molecule has 5 aromatic carbocycles. The number of carbonyl (C=O) groups excluding carboxylic acids is 2. The molecule has 0 aliphatic rings. The third kappa shape index (κ3) is 5.42. The van der Waals surface area contributed by atoms with Crippen molar-refractivity contribution in [1.29, 1.82) is 0 Å². The number of hydrogen-bond donors (Lipinski definition) is 2.